The lowest BCUT2D eigenvalue weighted by Crippen LogP contribution is -2.32. The number of carbonyl (C=O) groups excluding carboxylic acids is 1. The molecule has 1 atom stereocenters. The van der Waals surface area contributed by atoms with Crippen molar-refractivity contribution in [1.29, 1.82) is 0 Å². The van der Waals surface area contributed by atoms with Gasteiger partial charge in [-0.25, -0.2) is 9.97 Å². The molecule has 0 saturated heterocycles. The maximum absolute atomic E-state index is 12.6. The summed E-state index contributed by atoms with van der Waals surface area (Å²) in [6, 6.07) is 0.812. The van der Waals surface area contributed by atoms with E-state index in [-0.39, 0.29) is 11.1 Å². The van der Waals surface area contributed by atoms with Crippen LogP contribution in [0.2, 0.25) is 0 Å². The molecule has 0 bridgehead atoms. The Morgan fingerprint density at radius 1 is 1.42 bits per heavy atom. The highest BCUT2D eigenvalue weighted by Gasteiger charge is 2.33. The van der Waals surface area contributed by atoms with Crippen molar-refractivity contribution in [2.45, 2.75) is 55.6 Å². The van der Waals surface area contributed by atoms with Crippen molar-refractivity contribution in [3.63, 3.8) is 0 Å². The fraction of sp³-hybridized carbons (Fsp3) is 0.562. The van der Waals surface area contributed by atoms with Crippen LogP contribution in [0.15, 0.2) is 29.1 Å². The number of alkyl halides is 3. The Kier molecular flexibility index (Phi) is 6.65. The Labute approximate surface area is 143 Å². The smallest absolute Gasteiger partial charge is 0.355 e. The Morgan fingerprint density at radius 3 is 2.88 bits per heavy atom. The summed E-state index contributed by atoms with van der Waals surface area (Å²) in [4.78, 5) is 19.3. The lowest BCUT2D eigenvalue weighted by atomic mass is 9.97. The molecule has 1 aromatic rings. The fourth-order valence-electron chi connectivity index (χ4n) is 2.39. The molecule has 0 radical (unpaired) electrons. The summed E-state index contributed by atoms with van der Waals surface area (Å²) in [5.41, 5.74) is 0.361. The van der Waals surface area contributed by atoms with Gasteiger partial charge in [0.15, 0.2) is 5.16 Å². The number of nitrogens with one attached hydrogen (secondary N) is 1. The molecule has 0 aromatic carbocycles. The minimum absolute atomic E-state index is 0.0533. The number of hydrogen-bond acceptors (Lipinski definition) is 4. The summed E-state index contributed by atoms with van der Waals surface area (Å²) in [6.45, 7) is 2.17. The molecule has 0 aliphatic heterocycles. The lowest BCUT2D eigenvalue weighted by Gasteiger charge is -2.15. The van der Waals surface area contributed by atoms with E-state index in [0.717, 1.165) is 43.3 Å². The van der Waals surface area contributed by atoms with Crippen molar-refractivity contribution in [1.82, 2.24) is 15.3 Å². The summed E-state index contributed by atoms with van der Waals surface area (Å²) < 4.78 is 37.9. The SMILES string of the molecule is CC(Sc1nccc(C(F)(F)F)n1)C(=O)NCCC1=CCCCC1. The van der Waals surface area contributed by atoms with Crippen LogP contribution in [-0.4, -0.2) is 27.7 Å². The lowest BCUT2D eigenvalue weighted by molar-refractivity contribution is -0.141. The average molecular weight is 359 g/mol. The normalized spacial score (nSPS) is 16.4. The maximum atomic E-state index is 12.6. The van der Waals surface area contributed by atoms with Crippen LogP contribution in [0.3, 0.4) is 0 Å². The van der Waals surface area contributed by atoms with Crippen molar-refractivity contribution in [2.24, 2.45) is 0 Å². The van der Waals surface area contributed by atoms with Gasteiger partial charge in [-0.3, -0.25) is 4.79 Å². The number of allylic oxidation sites excluding steroid dienone is 1. The fourth-order valence-corrected chi connectivity index (χ4v) is 3.17. The second kappa shape index (κ2) is 8.50. The summed E-state index contributed by atoms with van der Waals surface area (Å²) in [6.07, 6.45) is 4.18. The van der Waals surface area contributed by atoms with Gasteiger partial charge in [0.05, 0.1) is 5.25 Å². The van der Waals surface area contributed by atoms with Gasteiger partial charge in [0.2, 0.25) is 5.91 Å². The predicted molar refractivity (Wildman–Crippen MR) is 86.5 cm³/mol. The van der Waals surface area contributed by atoms with Gasteiger partial charge in [-0.15, -0.1) is 0 Å². The molecule has 1 N–H and O–H groups in total. The summed E-state index contributed by atoms with van der Waals surface area (Å²) >= 11 is 0.919. The highest BCUT2D eigenvalue weighted by atomic mass is 32.2. The molecule has 1 amide bonds. The molecular formula is C16H20F3N3OS. The first-order chi connectivity index (χ1) is 11.4. The molecular weight excluding hydrogens is 339 g/mol. The first-order valence-corrected chi connectivity index (χ1v) is 8.77. The second-order valence-electron chi connectivity index (χ2n) is 5.63. The molecule has 0 saturated carbocycles. The third-order valence-electron chi connectivity index (χ3n) is 3.71. The van der Waals surface area contributed by atoms with Crippen LogP contribution in [0.25, 0.3) is 0 Å². The van der Waals surface area contributed by atoms with Gasteiger partial charge in [-0.1, -0.05) is 23.4 Å². The Balaban J connectivity index is 1.82. The number of hydrogen-bond donors (Lipinski definition) is 1. The summed E-state index contributed by atoms with van der Waals surface area (Å²) in [7, 11) is 0. The van der Waals surface area contributed by atoms with E-state index in [0.29, 0.717) is 6.54 Å². The summed E-state index contributed by atoms with van der Waals surface area (Å²) in [5, 5.41) is 2.20. The van der Waals surface area contributed by atoms with Gasteiger partial charge in [-0.05, 0) is 45.1 Å². The zero-order chi connectivity index (χ0) is 17.6. The molecule has 4 nitrogen and oxygen atoms in total. The van der Waals surface area contributed by atoms with Crippen LogP contribution < -0.4 is 5.32 Å². The molecule has 24 heavy (non-hydrogen) atoms. The number of halogens is 3. The minimum atomic E-state index is -4.52. The highest BCUT2D eigenvalue weighted by Crippen LogP contribution is 2.29. The van der Waals surface area contributed by atoms with Crippen LogP contribution in [-0.2, 0) is 11.0 Å². The van der Waals surface area contributed by atoms with E-state index in [9.17, 15) is 18.0 Å². The number of rotatable bonds is 6. The van der Waals surface area contributed by atoms with Gasteiger partial charge in [0, 0.05) is 12.7 Å². The van der Waals surface area contributed by atoms with E-state index in [2.05, 4.69) is 21.4 Å². The van der Waals surface area contributed by atoms with Gasteiger partial charge in [0.25, 0.3) is 0 Å². The van der Waals surface area contributed by atoms with Crippen LogP contribution >= 0.6 is 11.8 Å². The van der Waals surface area contributed by atoms with Crippen LogP contribution in [0.1, 0.15) is 44.7 Å². The van der Waals surface area contributed by atoms with Gasteiger partial charge >= 0.3 is 6.18 Å². The minimum Gasteiger partial charge on any atom is -0.355 e. The quantitative estimate of drug-likeness (QED) is 0.474. The standard InChI is InChI=1S/C16H20F3N3OS/c1-11(14(23)20-9-7-12-5-3-2-4-6-12)24-15-21-10-8-13(22-15)16(17,18)19/h5,8,10-11H,2-4,6-7,9H2,1H3,(H,20,23). The molecule has 1 aromatic heterocycles. The Bertz CT molecular complexity index is 604. The molecule has 1 unspecified atom stereocenters. The summed E-state index contributed by atoms with van der Waals surface area (Å²) in [5.74, 6) is -0.225. The third kappa shape index (κ3) is 5.81. The van der Waals surface area contributed by atoms with Gasteiger partial charge < -0.3 is 5.32 Å². The van der Waals surface area contributed by atoms with E-state index in [1.807, 2.05) is 0 Å². The van der Waals surface area contributed by atoms with Crippen molar-refractivity contribution in [2.75, 3.05) is 6.54 Å². The van der Waals surface area contributed by atoms with E-state index < -0.39 is 17.1 Å². The van der Waals surface area contributed by atoms with Crippen LogP contribution in [0.4, 0.5) is 13.2 Å². The zero-order valence-electron chi connectivity index (χ0n) is 13.4. The highest BCUT2D eigenvalue weighted by molar-refractivity contribution is 8.00. The monoisotopic (exact) mass is 359 g/mol. The topological polar surface area (TPSA) is 54.9 Å². The zero-order valence-corrected chi connectivity index (χ0v) is 14.2. The molecule has 1 aliphatic carbocycles. The van der Waals surface area contributed by atoms with Crippen molar-refractivity contribution in [3.05, 3.63) is 29.6 Å². The molecule has 8 heteroatoms. The molecule has 132 valence electrons. The Morgan fingerprint density at radius 2 is 2.21 bits per heavy atom. The van der Waals surface area contributed by atoms with Crippen molar-refractivity contribution >= 4 is 17.7 Å². The van der Waals surface area contributed by atoms with Gasteiger partial charge in [-0.2, -0.15) is 13.2 Å². The average Bonchev–Trinajstić information content (AvgIpc) is 2.55. The molecule has 0 fully saturated rings. The Hall–Kier alpha value is -1.57. The van der Waals surface area contributed by atoms with Crippen molar-refractivity contribution in [3.8, 4) is 0 Å². The molecule has 1 aliphatic rings. The number of nitrogens with zero attached hydrogens (tertiary/aromatic N) is 2. The third-order valence-corrected chi connectivity index (χ3v) is 4.68. The molecule has 2 rings (SSSR count). The number of aromatic nitrogens is 2. The molecule has 1 heterocycles. The van der Waals surface area contributed by atoms with Crippen LogP contribution in [0.5, 0.6) is 0 Å². The first-order valence-electron chi connectivity index (χ1n) is 7.89. The largest absolute Gasteiger partial charge is 0.433 e. The van der Waals surface area contributed by atoms with Crippen LogP contribution in [0, 0.1) is 0 Å². The predicted octanol–water partition coefficient (Wildman–Crippen LogP) is 3.98. The second-order valence-corrected chi connectivity index (χ2v) is 6.94. The molecule has 0 spiro atoms. The number of thioether (sulfide) groups is 1. The van der Waals surface area contributed by atoms with E-state index in [1.54, 1.807) is 6.92 Å². The van der Waals surface area contributed by atoms with E-state index in [4.69, 9.17) is 0 Å². The van der Waals surface area contributed by atoms with Gasteiger partial charge in [0.1, 0.15) is 5.69 Å². The number of amides is 1. The number of carbonyl (C=O) groups is 1. The van der Waals surface area contributed by atoms with E-state index in [1.165, 1.54) is 18.4 Å². The van der Waals surface area contributed by atoms with E-state index >= 15 is 0 Å². The first kappa shape index (κ1) is 18.8. The maximum Gasteiger partial charge on any atom is 0.433 e. The van der Waals surface area contributed by atoms with Crippen molar-refractivity contribution < 1.29 is 18.0 Å².